The Morgan fingerprint density at radius 3 is 3.33 bits per heavy atom. The Morgan fingerprint density at radius 2 is 2.56 bits per heavy atom. The fraction of sp³-hybridized carbons (Fsp3) is 0.167. The number of hydrogen-bond donors (Lipinski definition) is 1. The number of imidazole rings is 1. The average molecular weight is 122 g/mol. The van der Waals surface area contributed by atoms with Crippen LogP contribution in [0.4, 0.5) is 0 Å². The summed E-state index contributed by atoms with van der Waals surface area (Å²) in [7, 11) is 0. The van der Waals surface area contributed by atoms with Gasteiger partial charge in [0, 0.05) is 6.54 Å². The SMILES string of the molecule is OC1=CCn2cncc21. The van der Waals surface area contributed by atoms with Crippen molar-refractivity contribution in [3.05, 3.63) is 24.3 Å². The van der Waals surface area contributed by atoms with Crippen LogP contribution in [0.25, 0.3) is 5.76 Å². The van der Waals surface area contributed by atoms with Crippen LogP contribution in [0.1, 0.15) is 5.69 Å². The molecule has 1 aliphatic heterocycles. The summed E-state index contributed by atoms with van der Waals surface area (Å²) in [6.45, 7) is 0.751. The minimum absolute atomic E-state index is 0.340. The van der Waals surface area contributed by atoms with Gasteiger partial charge in [-0.2, -0.15) is 0 Å². The Morgan fingerprint density at radius 1 is 1.67 bits per heavy atom. The fourth-order valence-corrected chi connectivity index (χ4v) is 0.969. The normalized spacial score (nSPS) is 15.3. The molecule has 0 saturated carbocycles. The molecule has 3 heteroatoms. The molecule has 1 aromatic heterocycles. The first-order valence-electron chi connectivity index (χ1n) is 2.77. The summed E-state index contributed by atoms with van der Waals surface area (Å²) >= 11 is 0. The lowest BCUT2D eigenvalue weighted by Crippen LogP contribution is -1.88. The first-order chi connectivity index (χ1) is 4.38. The van der Waals surface area contributed by atoms with Crippen LogP contribution < -0.4 is 0 Å². The Kier molecular flexibility index (Phi) is 0.704. The van der Waals surface area contributed by atoms with E-state index in [2.05, 4.69) is 4.98 Å². The minimum atomic E-state index is 0.340. The molecule has 0 unspecified atom stereocenters. The van der Waals surface area contributed by atoms with Crippen molar-refractivity contribution in [2.24, 2.45) is 0 Å². The summed E-state index contributed by atoms with van der Waals surface area (Å²) in [6.07, 6.45) is 5.12. The van der Waals surface area contributed by atoms with Crippen LogP contribution in [0.5, 0.6) is 0 Å². The molecule has 1 aromatic rings. The first kappa shape index (κ1) is 4.61. The van der Waals surface area contributed by atoms with Crippen LogP contribution in [0, 0.1) is 0 Å². The highest BCUT2D eigenvalue weighted by molar-refractivity contribution is 5.57. The van der Waals surface area contributed by atoms with Gasteiger partial charge in [0.1, 0.15) is 11.5 Å². The zero-order chi connectivity index (χ0) is 6.27. The largest absolute Gasteiger partial charge is 0.506 e. The van der Waals surface area contributed by atoms with Gasteiger partial charge in [0.25, 0.3) is 0 Å². The van der Waals surface area contributed by atoms with Gasteiger partial charge in [-0.3, -0.25) is 0 Å². The summed E-state index contributed by atoms with van der Waals surface area (Å²) < 4.78 is 1.88. The molecule has 1 aliphatic rings. The summed E-state index contributed by atoms with van der Waals surface area (Å²) in [5.74, 6) is 0.340. The van der Waals surface area contributed by atoms with Gasteiger partial charge in [-0.05, 0) is 6.08 Å². The van der Waals surface area contributed by atoms with Crippen molar-refractivity contribution < 1.29 is 5.11 Å². The molecule has 0 fully saturated rings. The quantitative estimate of drug-likeness (QED) is 0.552. The van der Waals surface area contributed by atoms with Crippen molar-refractivity contribution in [1.82, 2.24) is 9.55 Å². The lowest BCUT2D eigenvalue weighted by molar-refractivity contribution is 0.511. The van der Waals surface area contributed by atoms with E-state index in [0.717, 1.165) is 12.2 Å². The Bertz CT molecular complexity index is 262. The van der Waals surface area contributed by atoms with E-state index in [-0.39, 0.29) is 0 Å². The maximum atomic E-state index is 9.07. The smallest absolute Gasteiger partial charge is 0.138 e. The molecule has 0 bridgehead atoms. The number of fused-ring (bicyclic) bond motifs is 1. The predicted octanol–water partition coefficient (Wildman–Crippen LogP) is 0.796. The van der Waals surface area contributed by atoms with E-state index in [0.29, 0.717) is 5.76 Å². The summed E-state index contributed by atoms with van der Waals surface area (Å²) in [5.41, 5.74) is 0.815. The standard InChI is InChI=1S/C6H6N2O/c9-6-1-2-8-4-7-3-5(6)8/h1,3-4,9H,2H2. The highest BCUT2D eigenvalue weighted by atomic mass is 16.3. The van der Waals surface area contributed by atoms with Gasteiger partial charge in [0.05, 0.1) is 12.5 Å². The van der Waals surface area contributed by atoms with Crippen LogP contribution in [0.2, 0.25) is 0 Å². The number of allylic oxidation sites excluding steroid dienone is 1. The maximum Gasteiger partial charge on any atom is 0.138 e. The number of rotatable bonds is 0. The van der Waals surface area contributed by atoms with Gasteiger partial charge in [0.2, 0.25) is 0 Å². The monoisotopic (exact) mass is 122 g/mol. The van der Waals surface area contributed by atoms with E-state index >= 15 is 0 Å². The van der Waals surface area contributed by atoms with E-state index in [1.807, 2.05) is 4.57 Å². The number of hydrogen-bond acceptors (Lipinski definition) is 2. The third-order valence-corrected chi connectivity index (χ3v) is 1.46. The van der Waals surface area contributed by atoms with E-state index < -0.39 is 0 Å². The second-order valence-electron chi connectivity index (χ2n) is 2.02. The maximum absolute atomic E-state index is 9.07. The van der Waals surface area contributed by atoms with Crippen molar-refractivity contribution in [2.45, 2.75) is 6.54 Å². The zero-order valence-electron chi connectivity index (χ0n) is 4.78. The van der Waals surface area contributed by atoms with Crippen molar-refractivity contribution >= 4 is 5.76 Å². The van der Waals surface area contributed by atoms with E-state index in [1.54, 1.807) is 18.6 Å². The highest BCUT2D eigenvalue weighted by Crippen LogP contribution is 2.16. The lowest BCUT2D eigenvalue weighted by Gasteiger charge is -1.90. The predicted molar refractivity (Wildman–Crippen MR) is 32.8 cm³/mol. The molecule has 0 amide bonds. The second-order valence-corrected chi connectivity index (χ2v) is 2.02. The summed E-state index contributed by atoms with van der Waals surface area (Å²) in [6, 6.07) is 0. The molecule has 0 aliphatic carbocycles. The van der Waals surface area contributed by atoms with Crippen molar-refractivity contribution in [3.8, 4) is 0 Å². The Balaban J connectivity index is 2.62. The van der Waals surface area contributed by atoms with Gasteiger partial charge in [0.15, 0.2) is 0 Å². The van der Waals surface area contributed by atoms with Crippen LogP contribution in [0.15, 0.2) is 18.6 Å². The van der Waals surface area contributed by atoms with Crippen molar-refractivity contribution in [3.63, 3.8) is 0 Å². The molecule has 0 saturated heterocycles. The van der Waals surface area contributed by atoms with Gasteiger partial charge < -0.3 is 9.67 Å². The zero-order valence-corrected chi connectivity index (χ0v) is 4.78. The molecule has 46 valence electrons. The van der Waals surface area contributed by atoms with Gasteiger partial charge in [-0.25, -0.2) is 4.98 Å². The van der Waals surface area contributed by atoms with E-state index in [4.69, 9.17) is 5.11 Å². The fourth-order valence-electron chi connectivity index (χ4n) is 0.969. The third kappa shape index (κ3) is 0.483. The molecule has 3 nitrogen and oxygen atoms in total. The average Bonchev–Trinajstić information content (AvgIpc) is 2.35. The topological polar surface area (TPSA) is 38.0 Å². The molecular formula is C6H6N2O. The minimum Gasteiger partial charge on any atom is -0.506 e. The molecule has 0 radical (unpaired) electrons. The number of aliphatic hydroxyl groups excluding tert-OH is 1. The van der Waals surface area contributed by atoms with Crippen LogP contribution in [-0.2, 0) is 6.54 Å². The number of aliphatic hydroxyl groups is 1. The first-order valence-corrected chi connectivity index (χ1v) is 2.77. The Hall–Kier alpha value is -1.25. The van der Waals surface area contributed by atoms with Gasteiger partial charge >= 0.3 is 0 Å². The molecule has 0 atom stereocenters. The van der Waals surface area contributed by atoms with E-state index in [9.17, 15) is 0 Å². The van der Waals surface area contributed by atoms with Gasteiger partial charge in [-0.1, -0.05) is 0 Å². The number of aromatic nitrogens is 2. The highest BCUT2D eigenvalue weighted by Gasteiger charge is 2.10. The number of nitrogens with zero attached hydrogens (tertiary/aromatic N) is 2. The molecule has 2 heterocycles. The third-order valence-electron chi connectivity index (χ3n) is 1.46. The summed E-state index contributed by atoms with van der Waals surface area (Å²) in [4.78, 5) is 3.86. The van der Waals surface area contributed by atoms with Gasteiger partial charge in [-0.15, -0.1) is 0 Å². The van der Waals surface area contributed by atoms with Crippen LogP contribution >= 0.6 is 0 Å². The molecule has 0 spiro atoms. The van der Waals surface area contributed by atoms with E-state index in [1.165, 1.54) is 0 Å². The molecule has 1 N–H and O–H groups in total. The molecular weight excluding hydrogens is 116 g/mol. The van der Waals surface area contributed by atoms with Crippen LogP contribution in [-0.4, -0.2) is 14.7 Å². The molecule has 9 heavy (non-hydrogen) atoms. The van der Waals surface area contributed by atoms with Crippen molar-refractivity contribution in [1.29, 1.82) is 0 Å². The Labute approximate surface area is 52.3 Å². The second kappa shape index (κ2) is 1.37. The summed E-state index contributed by atoms with van der Waals surface area (Å²) in [5, 5.41) is 9.07. The lowest BCUT2D eigenvalue weighted by atomic mass is 10.4. The van der Waals surface area contributed by atoms with Crippen LogP contribution in [0.3, 0.4) is 0 Å². The molecule has 0 aromatic carbocycles. The molecule has 2 rings (SSSR count). The van der Waals surface area contributed by atoms with Crippen molar-refractivity contribution in [2.75, 3.05) is 0 Å².